The molecule has 13 heavy (non-hydrogen) atoms. The molecule has 1 atom stereocenters. The molecule has 0 aliphatic rings. The molecule has 0 fully saturated rings. The molecule has 0 spiro atoms. The second-order valence-corrected chi connectivity index (χ2v) is 2.83. The average molecular weight is 184 g/mol. The summed E-state index contributed by atoms with van der Waals surface area (Å²) in [4.78, 5) is 0. The van der Waals surface area contributed by atoms with Gasteiger partial charge in [0.25, 0.3) is 0 Å². The lowest BCUT2D eigenvalue weighted by molar-refractivity contribution is 0.104. The second kappa shape index (κ2) is 4.82. The monoisotopic (exact) mass is 184 g/mol. The molecular weight excluding hydrogens is 171 g/mol. The number of aliphatic hydroxyl groups excluding tert-OH is 1. The van der Waals surface area contributed by atoms with Gasteiger partial charge in [0.15, 0.2) is 0 Å². The lowest BCUT2D eigenvalue weighted by Gasteiger charge is -2.09. The molecule has 0 aliphatic carbocycles. The average Bonchev–Trinajstić information content (AvgIpc) is 2.16. The van der Waals surface area contributed by atoms with E-state index in [1.807, 2.05) is 6.92 Å². The summed E-state index contributed by atoms with van der Waals surface area (Å²) in [6, 6.07) is 5.73. The maximum Gasteiger partial charge on any atom is 0.123 e. The van der Waals surface area contributed by atoms with E-state index in [9.17, 15) is 9.50 Å². The Bertz CT molecular complexity index is 246. The maximum atomic E-state index is 12.4. The molecule has 1 aromatic carbocycles. The van der Waals surface area contributed by atoms with Crippen LogP contribution in [0.2, 0.25) is 0 Å². The van der Waals surface area contributed by atoms with Gasteiger partial charge < -0.3 is 9.84 Å². The largest absolute Gasteiger partial charge is 0.491 e. The molecule has 0 aliphatic heterocycles. The van der Waals surface area contributed by atoms with Crippen LogP contribution in [-0.2, 0) is 0 Å². The molecule has 0 aromatic heterocycles. The minimum absolute atomic E-state index is 0.252. The molecule has 0 saturated carbocycles. The van der Waals surface area contributed by atoms with Crippen molar-refractivity contribution in [3.63, 3.8) is 0 Å². The summed E-state index contributed by atoms with van der Waals surface area (Å²) in [7, 11) is 0. The number of rotatable bonds is 4. The van der Waals surface area contributed by atoms with Gasteiger partial charge in [-0.1, -0.05) is 6.92 Å². The van der Waals surface area contributed by atoms with Crippen molar-refractivity contribution < 1.29 is 14.2 Å². The van der Waals surface area contributed by atoms with Gasteiger partial charge in [-0.05, 0) is 30.7 Å². The molecule has 0 radical (unpaired) electrons. The lowest BCUT2D eigenvalue weighted by Crippen LogP contribution is -2.15. The van der Waals surface area contributed by atoms with Gasteiger partial charge in [0.1, 0.15) is 18.2 Å². The van der Waals surface area contributed by atoms with Crippen LogP contribution in [0.5, 0.6) is 5.75 Å². The van der Waals surface area contributed by atoms with Crippen LogP contribution in [0.4, 0.5) is 4.39 Å². The summed E-state index contributed by atoms with van der Waals surface area (Å²) in [6.07, 6.45) is 0.200. The molecule has 0 unspecified atom stereocenters. The first-order valence-electron chi connectivity index (χ1n) is 4.28. The molecule has 1 rings (SSSR count). The van der Waals surface area contributed by atoms with Gasteiger partial charge in [-0.15, -0.1) is 0 Å². The van der Waals surface area contributed by atoms with Crippen molar-refractivity contribution in [2.45, 2.75) is 19.4 Å². The Kier molecular flexibility index (Phi) is 3.71. The zero-order chi connectivity index (χ0) is 9.68. The Labute approximate surface area is 77.0 Å². The van der Waals surface area contributed by atoms with Crippen molar-refractivity contribution in [1.82, 2.24) is 0 Å². The van der Waals surface area contributed by atoms with E-state index in [-0.39, 0.29) is 12.4 Å². The third-order valence-corrected chi connectivity index (χ3v) is 1.73. The fraction of sp³-hybridized carbons (Fsp3) is 0.400. The molecule has 0 heterocycles. The Hall–Kier alpha value is -1.09. The first kappa shape index (κ1) is 9.99. The van der Waals surface area contributed by atoms with Crippen LogP contribution in [0, 0.1) is 5.82 Å². The quantitative estimate of drug-likeness (QED) is 0.775. The van der Waals surface area contributed by atoms with Crippen LogP contribution in [0.3, 0.4) is 0 Å². The fourth-order valence-corrected chi connectivity index (χ4v) is 0.841. The summed E-state index contributed by atoms with van der Waals surface area (Å²) in [5.74, 6) is 0.289. The molecule has 72 valence electrons. The van der Waals surface area contributed by atoms with E-state index in [0.29, 0.717) is 12.2 Å². The van der Waals surface area contributed by atoms with E-state index >= 15 is 0 Å². The lowest BCUT2D eigenvalue weighted by atomic mass is 10.3. The summed E-state index contributed by atoms with van der Waals surface area (Å²) in [5.41, 5.74) is 0. The minimum atomic E-state index is -0.454. The first-order valence-corrected chi connectivity index (χ1v) is 4.28. The third-order valence-electron chi connectivity index (χ3n) is 1.73. The van der Waals surface area contributed by atoms with Crippen molar-refractivity contribution in [2.24, 2.45) is 0 Å². The molecule has 0 saturated heterocycles. The van der Waals surface area contributed by atoms with Gasteiger partial charge >= 0.3 is 0 Å². The number of halogens is 1. The van der Waals surface area contributed by atoms with Gasteiger partial charge in [-0.2, -0.15) is 0 Å². The highest BCUT2D eigenvalue weighted by atomic mass is 19.1. The van der Waals surface area contributed by atoms with Crippen LogP contribution < -0.4 is 4.74 Å². The number of aliphatic hydroxyl groups is 1. The van der Waals surface area contributed by atoms with Gasteiger partial charge in [0.2, 0.25) is 0 Å². The van der Waals surface area contributed by atoms with Crippen LogP contribution >= 0.6 is 0 Å². The summed E-state index contributed by atoms with van der Waals surface area (Å²) in [6.45, 7) is 2.13. The zero-order valence-corrected chi connectivity index (χ0v) is 7.53. The standard InChI is InChI=1S/C10H13FO2/c1-2-9(12)7-13-10-5-3-8(11)4-6-10/h3-6,9,12H,2,7H2,1H3/t9-/m1/s1. The van der Waals surface area contributed by atoms with Crippen LogP contribution in [0.25, 0.3) is 0 Å². The van der Waals surface area contributed by atoms with Gasteiger partial charge in [-0.25, -0.2) is 4.39 Å². The highest BCUT2D eigenvalue weighted by Gasteiger charge is 2.01. The topological polar surface area (TPSA) is 29.5 Å². The molecule has 0 bridgehead atoms. The predicted molar refractivity (Wildman–Crippen MR) is 48.2 cm³/mol. The maximum absolute atomic E-state index is 12.4. The Morgan fingerprint density at radius 1 is 1.38 bits per heavy atom. The van der Waals surface area contributed by atoms with Crippen molar-refractivity contribution in [3.8, 4) is 5.75 Å². The van der Waals surface area contributed by atoms with Crippen molar-refractivity contribution >= 4 is 0 Å². The molecule has 1 N–H and O–H groups in total. The number of benzene rings is 1. The van der Waals surface area contributed by atoms with E-state index in [0.717, 1.165) is 0 Å². The number of hydrogen-bond donors (Lipinski definition) is 1. The zero-order valence-electron chi connectivity index (χ0n) is 7.53. The summed E-state index contributed by atoms with van der Waals surface area (Å²) in [5, 5.41) is 9.17. The Morgan fingerprint density at radius 2 is 2.00 bits per heavy atom. The molecule has 0 amide bonds. The highest BCUT2D eigenvalue weighted by molar-refractivity contribution is 5.21. The van der Waals surface area contributed by atoms with Crippen LogP contribution in [0.15, 0.2) is 24.3 Å². The van der Waals surface area contributed by atoms with E-state index in [2.05, 4.69) is 0 Å². The van der Waals surface area contributed by atoms with Crippen molar-refractivity contribution in [1.29, 1.82) is 0 Å². The Morgan fingerprint density at radius 3 is 2.54 bits per heavy atom. The fourth-order valence-electron chi connectivity index (χ4n) is 0.841. The van der Waals surface area contributed by atoms with E-state index < -0.39 is 6.10 Å². The highest BCUT2D eigenvalue weighted by Crippen LogP contribution is 2.11. The van der Waals surface area contributed by atoms with Gasteiger partial charge in [-0.3, -0.25) is 0 Å². The van der Waals surface area contributed by atoms with E-state index in [1.54, 1.807) is 0 Å². The first-order chi connectivity index (χ1) is 6.22. The SMILES string of the molecule is CC[C@@H](O)COc1ccc(F)cc1. The van der Waals surface area contributed by atoms with Crippen molar-refractivity contribution in [3.05, 3.63) is 30.1 Å². The molecule has 2 nitrogen and oxygen atoms in total. The number of ether oxygens (including phenoxy) is 1. The smallest absolute Gasteiger partial charge is 0.123 e. The third kappa shape index (κ3) is 3.42. The predicted octanol–water partition coefficient (Wildman–Crippen LogP) is 1.98. The van der Waals surface area contributed by atoms with Crippen LogP contribution in [-0.4, -0.2) is 17.8 Å². The van der Waals surface area contributed by atoms with Gasteiger partial charge in [0.05, 0.1) is 6.10 Å². The van der Waals surface area contributed by atoms with Gasteiger partial charge in [0, 0.05) is 0 Å². The summed E-state index contributed by atoms with van der Waals surface area (Å²) < 4.78 is 17.6. The summed E-state index contributed by atoms with van der Waals surface area (Å²) >= 11 is 0. The molecule has 1 aromatic rings. The number of hydrogen-bond acceptors (Lipinski definition) is 2. The van der Waals surface area contributed by atoms with Crippen LogP contribution in [0.1, 0.15) is 13.3 Å². The minimum Gasteiger partial charge on any atom is -0.491 e. The van der Waals surface area contributed by atoms with Crippen molar-refractivity contribution in [2.75, 3.05) is 6.61 Å². The Balaban J connectivity index is 2.41. The molecule has 3 heteroatoms. The van der Waals surface area contributed by atoms with E-state index in [4.69, 9.17) is 4.74 Å². The normalized spacial score (nSPS) is 12.5. The second-order valence-electron chi connectivity index (χ2n) is 2.83. The van der Waals surface area contributed by atoms with E-state index in [1.165, 1.54) is 24.3 Å². The molecular formula is C10H13FO2.